The lowest BCUT2D eigenvalue weighted by Gasteiger charge is -2.29. The van der Waals surface area contributed by atoms with Crippen LogP contribution in [0.4, 0.5) is 5.69 Å². The molecule has 4 rings (SSSR count). The number of rotatable bonds is 8. The number of benzene rings is 2. The lowest BCUT2D eigenvalue weighted by atomic mass is 10.1. The van der Waals surface area contributed by atoms with E-state index in [0.29, 0.717) is 17.2 Å². The third-order valence-electron chi connectivity index (χ3n) is 4.96. The molecular formula is C22H21N3O7S. The zero-order chi connectivity index (χ0) is 23.4. The first-order chi connectivity index (χ1) is 16.0. The van der Waals surface area contributed by atoms with E-state index in [0.717, 1.165) is 0 Å². The van der Waals surface area contributed by atoms with E-state index < -0.39 is 16.9 Å². The van der Waals surface area contributed by atoms with E-state index in [9.17, 15) is 14.9 Å². The van der Waals surface area contributed by atoms with Crippen molar-refractivity contribution in [2.45, 2.75) is 12.7 Å². The maximum Gasteiger partial charge on any atom is 0.286 e. The molecule has 1 amide bonds. The number of carbonyl (C=O) groups is 1. The fourth-order valence-electron chi connectivity index (χ4n) is 3.35. The van der Waals surface area contributed by atoms with Gasteiger partial charge in [0.05, 0.1) is 35.8 Å². The Hall–Kier alpha value is -3.86. The number of methoxy groups -OCH3 is 1. The van der Waals surface area contributed by atoms with Gasteiger partial charge in [-0.3, -0.25) is 14.9 Å². The van der Waals surface area contributed by atoms with Crippen LogP contribution in [0.5, 0.6) is 23.0 Å². The molecule has 3 aromatic rings. The van der Waals surface area contributed by atoms with Crippen molar-refractivity contribution in [1.29, 1.82) is 0 Å². The Morgan fingerprint density at radius 3 is 2.79 bits per heavy atom. The Kier molecular flexibility index (Phi) is 6.59. The molecular weight excluding hydrogens is 450 g/mol. The van der Waals surface area contributed by atoms with Crippen LogP contribution in [-0.4, -0.2) is 54.1 Å². The summed E-state index contributed by atoms with van der Waals surface area (Å²) in [5.41, 5.74) is 1.85. The van der Waals surface area contributed by atoms with Gasteiger partial charge in [0.15, 0.2) is 29.1 Å². The molecule has 0 bridgehead atoms. The standard InChI is InChI=1S/C22H21N3O7S/c1-24(9-15-11-31-18-5-3-4-6-19(18)32-15)22(26)16-7-20(29-2)21(8-17(16)25(27)28)30-10-14-12-33-13-23-14/h3-8,12-13,15H,9-11H2,1-2H3. The number of amides is 1. The molecule has 33 heavy (non-hydrogen) atoms. The van der Waals surface area contributed by atoms with Crippen molar-refractivity contribution in [1.82, 2.24) is 9.88 Å². The van der Waals surface area contributed by atoms with Crippen LogP contribution in [0.2, 0.25) is 0 Å². The second-order valence-electron chi connectivity index (χ2n) is 7.23. The van der Waals surface area contributed by atoms with Gasteiger partial charge in [0.25, 0.3) is 11.6 Å². The van der Waals surface area contributed by atoms with Gasteiger partial charge in [0.2, 0.25) is 0 Å². The summed E-state index contributed by atoms with van der Waals surface area (Å²) < 4.78 is 22.6. The first-order valence-electron chi connectivity index (χ1n) is 9.96. The van der Waals surface area contributed by atoms with Gasteiger partial charge in [-0.1, -0.05) is 12.1 Å². The fourth-order valence-corrected chi connectivity index (χ4v) is 3.89. The Balaban J connectivity index is 1.52. The number of nitro benzene ring substituents is 1. The highest BCUT2D eigenvalue weighted by Gasteiger charge is 2.29. The predicted molar refractivity (Wildman–Crippen MR) is 119 cm³/mol. The SMILES string of the molecule is COc1cc(C(=O)N(C)CC2COc3ccccc3O2)c([N+](=O)[O-])cc1OCc1cscn1. The third kappa shape index (κ3) is 4.98. The minimum absolute atomic E-state index is 0.113. The summed E-state index contributed by atoms with van der Waals surface area (Å²) in [7, 11) is 2.95. The number of nitrogens with zero attached hydrogens (tertiary/aromatic N) is 3. The van der Waals surface area contributed by atoms with Crippen LogP contribution < -0.4 is 18.9 Å². The van der Waals surface area contributed by atoms with E-state index in [-0.39, 0.29) is 42.5 Å². The van der Waals surface area contributed by atoms with Crippen LogP contribution >= 0.6 is 11.3 Å². The Labute approximate surface area is 193 Å². The minimum atomic E-state index is -0.618. The number of hydrogen-bond donors (Lipinski definition) is 0. The maximum atomic E-state index is 13.1. The zero-order valence-corrected chi connectivity index (χ0v) is 18.7. The van der Waals surface area contributed by atoms with Gasteiger partial charge in [-0.05, 0) is 12.1 Å². The highest BCUT2D eigenvalue weighted by atomic mass is 32.1. The minimum Gasteiger partial charge on any atom is -0.493 e. The molecule has 0 saturated heterocycles. The van der Waals surface area contributed by atoms with Crippen LogP contribution in [-0.2, 0) is 6.61 Å². The normalized spacial score (nSPS) is 14.4. The molecule has 0 radical (unpaired) electrons. The van der Waals surface area contributed by atoms with E-state index in [2.05, 4.69) is 4.98 Å². The molecule has 1 aliphatic rings. The van der Waals surface area contributed by atoms with Gasteiger partial charge >= 0.3 is 0 Å². The van der Waals surface area contributed by atoms with Crippen molar-refractivity contribution >= 4 is 22.9 Å². The Morgan fingerprint density at radius 1 is 1.30 bits per heavy atom. The smallest absolute Gasteiger partial charge is 0.286 e. The highest BCUT2D eigenvalue weighted by molar-refractivity contribution is 7.07. The summed E-state index contributed by atoms with van der Waals surface area (Å²) in [4.78, 5) is 29.7. The summed E-state index contributed by atoms with van der Waals surface area (Å²) in [5, 5.41) is 13.6. The van der Waals surface area contributed by atoms with Gasteiger partial charge in [0.1, 0.15) is 18.8 Å². The van der Waals surface area contributed by atoms with E-state index >= 15 is 0 Å². The summed E-state index contributed by atoms with van der Waals surface area (Å²) in [6.07, 6.45) is -0.421. The maximum absolute atomic E-state index is 13.1. The molecule has 0 aliphatic carbocycles. The Morgan fingerprint density at radius 2 is 2.09 bits per heavy atom. The van der Waals surface area contributed by atoms with Crippen molar-refractivity contribution in [3.05, 3.63) is 68.7 Å². The number of ether oxygens (including phenoxy) is 4. The third-order valence-corrected chi connectivity index (χ3v) is 5.60. The average molecular weight is 471 g/mol. The molecule has 1 unspecified atom stereocenters. The molecule has 172 valence electrons. The zero-order valence-electron chi connectivity index (χ0n) is 17.9. The molecule has 1 aliphatic heterocycles. The lowest BCUT2D eigenvalue weighted by molar-refractivity contribution is -0.385. The number of carbonyl (C=O) groups excluding carboxylic acids is 1. The summed E-state index contributed by atoms with van der Waals surface area (Å²) in [6.45, 7) is 0.545. The molecule has 2 aromatic carbocycles. The summed E-state index contributed by atoms with van der Waals surface area (Å²) >= 11 is 1.41. The van der Waals surface area contributed by atoms with Gasteiger partial charge in [-0.25, -0.2) is 4.98 Å². The van der Waals surface area contributed by atoms with Crippen LogP contribution in [0.15, 0.2) is 47.3 Å². The van der Waals surface area contributed by atoms with Crippen LogP contribution in [0.1, 0.15) is 16.1 Å². The monoisotopic (exact) mass is 471 g/mol. The second kappa shape index (κ2) is 9.74. The lowest BCUT2D eigenvalue weighted by Crippen LogP contribution is -2.41. The van der Waals surface area contributed by atoms with Crippen molar-refractivity contribution in [3.8, 4) is 23.0 Å². The van der Waals surface area contributed by atoms with Crippen LogP contribution in [0.3, 0.4) is 0 Å². The average Bonchev–Trinajstić information content (AvgIpc) is 3.35. The van der Waals surface area contributed by atoms with Crippen molar-refractivity contribution in [2.75, 3.05) is 27.3 Å². The first kappa shape index (κ1) is 22.3. The van der Waals surface area contributed by atoms with Gasteiger partial charge in [-0.2, -0.15) is 0 Å². The summed E-state index contributed by atoms with van der Waals surface area (Å²) in [6, 6.07) is 9.77. The molecule has 0 saturated carbocycles. The van der Waals surface area contributed by atoms with E-state index in [1.54, 1.807) is 24.7 Å². The molecule has 0 spiro atoms. The molecule has 0 N–H and O–H groups in total. The quantitative estimate of drug-likeness (QED) is 0.362. The Bertz CT molecular complexity index is 1150. The molecule has 1 aromatic heterocycles. The van der Waals surface area contributed by atoms with Crippen molar-refractivity contribution in [2.24, 2.45) is 0 Å². The van der Waals surface area contributed by atoms with Gasteiger partial charge < -0.3 is 23.8 Å². The highest BCUT2D eigenvalue weighted by Crippen LogP contribution is 2.36. The number of aromatic nitrogens is 1. The van der Waals surface area contributed by atoms with Crippen molar-refractivity contribution in [3.63, 3.8) is 0 Å². The molecule has 0 fully saturated rings. The van der Waals surface area contributed by atoms with Gasteiger partial charge in [0, 0.05) is 18.5 Å². The van der Waals surface area contributed by atoms with E-state index in [1.807, 2.05) is 17.5 Å². The number of fused-ring (bicyclic) bond motifs is 1. The van der Waals surface area contributed by atoms with Crippen molar-refractivity contribution < 1.29 is 28.7 Å². The number of para-hydroxylation sites is 2. The van der Waals surface area contributed by atoms with E-state index in [1.165, 1.54) is 35.5 Å². The van der Waals surface area contributed by atoms with Crippen LogP contribution in [0, 0.1) is 10.1 Å². The first-order valence-corrected chi connectivity index (χ1v) is 10.9. The van der Waals surface area contributed by atoms with E-state index in [4.69, 9.17) is 18.9 Å². The number of hydrogen-bond acceptors (Lipinski definition) is 9. The number of nitro groups is 1. The molecule has 11 heteroatoms. The largest absolute Gasteiger partial charge is 0.493 e. The predicted octanol–water partition coefficient (Wildman–Crippen LogP) is 3.55. The second-order valence-corrected chi connectivity index (χ2v) is 7.95. The molecule has 10 nitrogen and oxygen atoms in total. The number of thiazole rings is 1. The molecule has 1 atom stereocenters. The molecule has 2 heterocycles. The fraction of sp³-hybridized carbons (Fsp3) is 0.273. The van der Waals surface area contributed by atoms with Crippen LogP contribution in [0.25, 0.3) is 0 Å². The summed E-state index contributed by atoms with van der Waals surface area (Å²) in [5.74, 6) is 1.03. The topological polar surface area (TPSA) is 113 Å². The van der Waals surface area contributed by atoms with Gasteiger partial charge in [-0.15, -0.1) is 11.3 Å². The number of likely N-dealkylation sites (N-methyl/N-ethyl adjacent to an activating group) is 1.